The molecule has 1 amide bonds. The number of hydrogen-bond donors (Lipinski definition) is 2. The lowest BCUT2D eigenvalue weighted by Crippen LogP contribution is -2.43. The fraction of sp³-hybridized carbons (Fsp3) is 0.929. The van der Waals surface area contributed by atoms with E-state index in [0.717, 1.165) is 45.3 Å². The van der Waals surface area contributed by atoms with E-state index in [1.807, 2.05) is 0 Å². The Hall–Kier alpha value is -0.610. The third kappa shape index (κ3) is 3.95. The van der Waals surface area contributed by atoms with Crippen LogP contribution in [0.4, 0.5) is 0 Å². The molecular formula is C14H25NO3. The first-order valence-electron chi connectivity index (χ1n) is 7.27. The number of ether oxygens (including phenoxy) is 1. The highest BCUT2D eigenvalue weighted by atomic mass is 16.5. The summed E-state index contributed by atoms with van der Waals surface area (Å²) in [6, 6.07) is 0.191. The van der Waals surface area contributed by atoms with E-state index >= 15 is 0 Å². The van der Waals surface area contributed by atoms with Gasteiger partial charge in [0.2, 0.25) is 5.91 Å². The van der Waals surface area contributed by atoms with Crippen molar-refractivity contribution in [3.8, 4) is 0 Å². The van der Waals surface area contributed by atoms with E-state index in [2.05, 4.69) is 5.32 Å². The summed E-state index contributed by atoms with van der Waals surface area (Å²) in [6.45, 7) is 1.86. The van der Waals surface area contributed by atoms with Crippen LogP contribution >= 0.6 is 0 Å². The molecule has 0 spiro atoms. The maximum absolute atomic E-state index is 11.9. The summed E-state index contributed by atoms with van der Waals surface area (Å²) in [4.78, 5) is 11.9. The molecule has 0 bridgehead atoms. The van der Waals surface area contributed by atoms with Crippen molar-refractivity contribution in [1.82, 2.24) is 5.32 Å². The monoisotopic (exact) mass is 255 g/mol. The molecule has 0 aromatic carbocycles. The smallest absolute Gasteiger partial charge is 0.220 e. The first-order valence-corrected chi connectivity index (χ1v) is 7.27. The maximum Gasteiger partial charge on any atom is 0.220 e. The quantitative estimate of drug-likeness (QED) is 0.782. The number of carbonyl (C=O) groups is 1. The number of aliphatic hydroxyl groups excluding tert-OH is 1. The first-order chi connectivity index (χ1) is 8.79. The lowest BCUT2D eigenvalue weighted by Gasteiger charge is -2.31. The molecule has 2 rings (SSSR count). The molecule has 104 valence electrons. The van der Waals surface area contributed by atoms with Crippen LogP contribution in [-0.4, -0.2) is 36.9 Å². The van der Waals surface area contributed by atoms with Crippen LogP contribution in [0.15, 0.2) is 0 Å². The minimum atomic E-state index is 0.146. The van der Waals surface area contributed by atoms with Gasteiger partial charge in [-0.15, -0.1) is 0 Å². The summed E-state index contributed by atoms with van der Waals surface area (Å²) in [5.74, 6) is 0.973. The number of rotatable bonds is 5. The maximum atomic E-state index is 11.9. The molecule has 1 aliphatic carbocycles. The summed E-state index contributed by atoms with van der Waals surface area (Å²) in [5, 5.41) is 12.4. The minimum absolute atomic E-state index is 0.146. The average Bonchev–Trinajstić information content (AvgIpc) is 2.90. The number of hydrogen-bond acceptors (Lipinski definition) is 3. The van der Waals surface area contributed by atoms with Gasteiger partial charge in [0.25, 0.3) is 0 Å². The van der Waals surface area contributed by atoms with Crippen LogP contribution in [0.25, 0.3) is 0 Å². The lowest BCUT2D eigenvalue weighted by atomic mass is 9.85. The van der Waals surface area contributed by atoms with Gasteiger partial charge in [0, 0.05) is 38.2 Å². The Labute approximate surface area is 109 Å². The number of amides is 1. The van der Waals surface area contributed by atoms with Crippen LogP contribution in [-0.2, 0) is 9.53 Å². The predicted molar refractivity (Wildman–Crippen MR) is 69.1 cm³/mol. The summed E-state index contributed by atoms with van der Waals surface area (Å²) >= 11 is 0. The lowest BCUT2D eigenvalue weighted by molar-refractivity contribution is -0.122. The van der Waals surface area contributed by atoms with Crippen molar-refractivity contribution in [3.05, 3.63) is 0 Å². The second-order valence-electron chi connectivity index (χ2n) is 5.67. The predicted octanol–water partition coefficient (Wildman–Crippen LogP) is 1.47. The second-order valence-corrected chi connectivity index (χ2v) is 5.67. The van der Waals surface area contributed by atoms with Crippen molar-refractivity contribution < 1.29 is 14.6 Å². The van der Waals surface area contributed by atoms with Crippen LogP contribution in [0, 0.1) is 11.8 Å². The molecule has 1 saturated heterocycles. The van der Waals surface area contributed by atoms with Gasteiger partial charge < -0.3 is 15.2 Å². The third-order valence-electron chi connectivity index (χ3n) is 4.29. The van der Waals surface area contributed by atoms with Crippen LogP contribution in [0.2, 0.25) is 0 Å². The van der Waals surface area contributed by atoms with E-state index in [4.69, 9.17) is 4.74 Å². The summed E-state index contributed by atoms with van der Waals surface area (Å²) in [7, 11) is 0. The van der Waals surface area contributed by atoms with Gasteiger partial charge in [0.15, 0.2) is 0 Å². The van der Waals surface area contributed by atoms with Gasteiger partial charge in [-0.1, -0.05) is 12.8 Å². The summed E-state index contributed by atoms with van der Waals surface area (Å²) in [6.07, 6.45) is 7.03. The highest BCUT2D eigenvalue weighted by Gasteiger charge is 2.26. The van der Waals surface area contributed by atoms with Crippen molar-refractivity contribution in [3.63, 3.8) is 0 Å². The Bertz CT molecular complexity index is 264. The fourth-order valence-corrected chi connectivity index (χ4v) is 3.04. The molecule has 0 unspecified atom stereocenters. The zero-order chi connectivity index (χ0) is 12.8. The van der Waals surface area contributed by atoms with E-state index in [9.17, 15) is 9.90 Å². The van der Waals surface area contributed by atoms with Crippen molar-refractivity contribution >= 4 is 5.91 Å². The van der Waals surface area contributed by atoms with Crippen LogP contribution in [0.5, 0.6) is 0 Å². The van der Waals surface area contributed by atoms with E-state index in [1.165, 1.54) is 6.42 Å². The fourth-order valence-electron chi connectivity index (χ4n) is 3.04. The molecule has 18 heavy (non-hydrogen) atoms. The van der Waals surface area contributed by atoms with Crippen LogP contribution in [0.3, 0.4) is 0 Å². The van der Waals surface area contributed by atoms with Crippen molar-refractivity contribution in [1.29, 1.82) is 0 Å². The molecule has 0 radical (unpaired) electrons. The largest absolute Gasteiger partial charge is 0.396 e. The van der Waals surface area contributed by atoms with Gasteiger partial charge in [-0.3, -0.25) is 4.79 Å². The van der Waals surface area contributed by atoms with Gasteiger partial charge in [-0.25, -0.2) is 0 Å². The highest BCUT2D eigenvalue weighted by molar-refractivity contribution is 5.76. The van der Waals surface area contributed by atoms with Crippen LogP contribution < -0.4 is 5.32 Å². The van der Waals surface area contributed by atoms with E-state index in [1.54, 1.807) is 0 Å². The van der Waals surface area contributed by atoms with Gasteiger partial charge in [-0.2, -0.15) is 0 Å². The van der Waals surface area contributed by atoms with Crippen molar-refractivity contribution in [2.45, 2.75) is 51.0 Å². The van der Waals surface area contributed by atoms with Crippen LogP contribution in [0.1, 0.15) is 44.9 Å². The molecule has 2 N–H and O–H groups in total. The molecule has 2 aliphatic rings. The molecule has 4 nitrogen and oxygen atoms in total. The molecule has 1 saturated carbocycles. The SMILES string of the molecule is O=C(CC[C@@H]1CCOC1)N[C@H]1CCCC[C@@H]1CO. The van der Waals surface area contributed by atoms with E-state index < -0.39 is 0 Å². The first kappa shape index (κ1) is 13.8. The summed E-state index contributed by atoms with van der Waals surface area (Å²) < 4.78 is 5.31. The zero-order valence-corrected chi connectivity index (χ0v) is 11.1. The molecule has 4 heteroatoms. The molecular weight excluding hydrogens is 230 g/mol. The number of nitrogens with one attached hydrogen (secondary N) is 1. The van der Waals surface area contributed by atoms with Crippen molar-refractivity contribution in [2.24, 2.45) is 11.8 Å². The Kier molecular flexibility index (Phi) is 5.45. The Morgan fingerprint density at radius 3 is 2.83 bits per heavy atom. The minimum Gasteiger partial charge on any atom is -0.396 e. The molecule has 1 heterocycles. The Balaban J connectivity index is 1.68. The molecule has 1 aliphatic heterocycles. The van der Waals surface area contributed by atoms with Gasteiger partial charge in [-0.05, 0) is 31.6 Å². The van der Waals surface area contributed by atoms with E-state index in [-0.39, 0.29) is 24.5 Å². The third-order valence-corrected chi connectivity index (χ3v) is 4.29. The Morgan fingerprint density at radius 2 is 2.11 bits per heavy atom. The molecule has 0 aromatic heterocycles. The number of aliphatic hydroxyl groups is 1. The van der Waals surface area contributed by atoms with Gasteiger partial charge in [0.05, 0.1) is 0 Å². The molecule has 0 aromatic rings. The molecule has 3 atom stereocenters. The number of carbonyl (C=O) groups excluding carboxylic acids is 1. The zero-order valence-electron chi connectivity index (χ0n) is 11.1. The second kappa shape index (κ2) is 7.10. The summed E-state index contributed by atoms with van der Waals surface area (Å²) in [5.41, 5.74) is 0. The molecule has 2 fully saturated rings. The van der Waals surface area contributed by atoms with Crippen molar-refractivity contribution in [2.75, 3.05) is 19.8 Å². The average molecular weight is 255 g/mol. The van der Waals surface area contributed by atoms with E-state index in [0.29, 0.717) is 12.3 Å². The van der Waals surface area contributed by atoms with Gasteiger partial charge >= 0.3 is 0 Å². The van der Waals surface area contributed by atoms with Gasteiger partial charge in [0.1, 0.15) is 0 Å². The standard InChI is InChI=1S/C14H25NO3/c16-9-12-3-1-2-4-13(12)15-14(17)6-5-11-7-8-18-10-11/h11-13,16H,1-10H2,(H,15,17)/t11-,12-,13+/m1/s1. The topological polar surface area (TPSA) is 58.6 Å². The normalized spacial score (nSPS) is 32.4. The Morgan fingerprint density at radius 1 is 1.28 bits per heavy atom. The highest BCUT2D eigenvalue weighted by Crippen LogP contribution is 2.24.